The van der Waals surface area contributed by atoms with Crippen LogP contribution < -0.4 is 10.8 Å². The summed E-state index contributed by atoms with van der Waals surface area (Å²) < 4.78 is 6.51. The van der Waals surface area contributed by atoms with E-state index in [9.17, 15) is 9.59 Å². The molecule has 3 aliphatic heterocycles. The quantitative estimate of drug-likeness (QED) is 0.313. The smallest absolute Gasteiger partial charge is 0.309 e. The first-order valence-electron chi connectivity index (χ1n) is 8.46. The number of rotatable bonds is 6. The van der Waals surface area contributed by atoms with E-state index in [0.717, 1.165) is 13.0 Å². The molecule has 0 saturated carbocycles. The third-order valence-corrected chi connectivity index (χ3v) is 5.28. The lowest BCUT2D eigenvalue weighted by Gasteiger charge is -2.29. The monoisotopic (exact) mass is 384 g/mol. The second-order valence-corrected chi connectivity index (χ2v) is 6.81. The van der Waals surface area contributed by atoms with E-state index in [1.54, 1.807) is 11.0 Å². The van der Waals surface area contributed by atoms with Gasteiger partial charge < -0.3 is 10.2 Å². The molecule has 3 amide bonds. The van der Waals surface area contributed by atoms with Crippen molar-refractivity contribution in [2.24, 2.45) is 0 Å². The van der Waals surface area contributed by atoms with E-state index < -0.39 is 6.04 Å². The van der Waals surface area contributed by atoms with Gasteiger partial charge in [0.2, 0.25) is 0 Å². The maximum atomic E-state index is 12.4. The highest BCUT2D eigenvalue weighted by Crippen LogP contribution is 2.30. The third-order valence-electron chi connectivity index (χ3n) is 5.11. The largest absolute Gasteiger partial charge is 0.345 e. The normalized spacial score (nSPS) is 30.9. The lowest BCUT2D eigenvalue weighted by Crippen LogP contribution is -2.50. The molecule has 1 aromatic rings. The molecule has 0 aliphatic carbocycles. The zero-order chi connectivity index (χ0) is 18.1. The van der Waals surface area contributed by atoms with Gasteiger partial charge in [-0.25, -0.2) is 19.2 Å². The molecule has 13 heteroatoms. The average molecular weight is 384 g/mol. The average Bonchev–Trinajstić information content (AvgIpc) is 3.37. The first kappa shape index (κ1) is 17.5. The fourth-order valence-electron chi connectivity index (χ4n) is 3.75. The lowest BCUT2D eigenvalue weighted by molar-refractivity contribution is -0.139. The maximum Gasteiger partial charge on any atom is 0.345 e. The molecule has 1 aromatic heterocycles. The Kier molecular flexibility index (Phi) is 4.93. The van der Waals surface area contributed by atoms with E-state index in [4.69, 9.17) is 9.12 Å². The molecule has 3 aliphatic rings. The molecule has 0 spiro atoms. The van der Waals surface area contributed by atoms with Gasteiger partial charge >= 0.3 is 6.03 Å². The van der Waals surface area contributed by atoms with Crippen LogP contribution in [0.1, 0.15) is 25.3 Å². The van der Waals surface area contributed by atoms with Crippen LogP contribution in [0.15, 0.2) is 6.33 Å². The van der Waals surface area contributed by atoms with Crippen molar-refractivity contribution in [3.8, 4) is 0 Å². The molecule has 3 saturated heterocycles. The number of aromatic nitrogens is 4. The van der Waals surface area contributed by atoms with Crippen molar-refractivity contribution in [2.75, 3.05) is 19.7 Å². The summed E-state index contributed by atoms with van der Waals surface area (Å²) >= 11 is 3.71. The molecule has 4 rings (SSSR count). The van der Waals surface area contributed by atoms with Crippen molar-refractivity contribution >= 4 is 24.8 Å². The fraction of sp³-hybridized carbons (Fsp3) is 0.769. The van der Waals surface area contributed by atoms with Gasteiger partial charge in [-0.3, -0.25) is 9.63 Å². The molecule has 0 aromatic carbocycles. The van der Waals surface area contributed by atoms with Crippen LogP contribution in [-0.2, 0) is 13.9 Å². The lowest BCUT2D eigenvalue weighted by atomic mass is 10.0. The van der Waals surface area contributed by atoms with Crippen LogP contribution in [0.5, 0.6) is 0 Å². The highest BCUT2D eigenvalue weighted by Gasteiger charge is 2.48. The Labute approximate surface area is 154 Å². The Hall–Kier alpha value is -1.96. The van der Waals surface area contributed by atoms with Gasteiger partial charge in [0.25, 0.3) is 5.91 Å². The summed E-state index contributed by atoms with van der Waals surface area (Å²) in [6.45, 7) is 1.51. The van der Waals surface area contributed by atoms with Gasteiger partial charge in [0.05, 0.1) is 18.7 Å². The molecule has 3 fully saturated rings. The van der Waals surface area contributed by atoms with Crippen molar-refractivity contribution < 1.29 is 18.7 Å². The molecule has 2 unspecified atom stereocenters. The summed E-state index contributed by atoms with van der Waals surface area (Å²) in [6, 6.07) is -0.709. The van der Waals surface area contributed by atoms with Gasteiger partial charge in [-0.05, 0) is 29.7 Å². The van der Waals surface area contributed by atoms with E-state index >= 15 is 0 Å². The summed E-state index contributed by atoms with van der Waals surface area (Å²) in [6.07, 6.45) is 3.62. The predicted molar refractivity (Wildman–Crippen MR) is 88.2 cm³/mol. The molecule has 4 atom stereocenters. The Balaban J connectivity index is 1.23. The van der Waals surface area contributed by atoms with Crippen molar-refractivity contribution in [1.82, 2.24) is 41.0 Å². The van der Waals surface area contributed by atoms with Crippen LogP contribution in [0.3, 0.4) is 0 Å². The molecular formula is C13H20N8O4S. The highest BCUT2D eigenvalue weighted by molar-refractivity contribution is 7.75. The highest BCUT2D eigenvalue weighted by atomic mass is 32.1. The molecule has 26 heavy (non-hydrogen) atoms. The van der Waals surface area contributed by atoms with Gasteiger partial charge in [0.15, 0.2) is 0 Å². The molecule has 12 nitrogen and oxygen atoms in total. The van der Waals surface area contributed by atoms with E-state index in [0.29, 0.717) is 26.0 Å². The van der Waals surface area contributed by atoms with E-state index in [2.05, 4.69) is 39.2 Å². The number of piperidine rings is 1. The number of nitrogens with one attached hydrogen (secondary N) is 2. The number of carbonyl (C=O) groups is 2. The predicted octanol–water partition coefficient (Wildman–Crippen LogP) is -1.33. The molecular weight excluding hydrogens is 364 g/mol. The summed E-state index contributed by atoms with van der Waals surface area (Å²) in [5, 5.41) is 15.7. The van der Waals surface area contributed by atoms with Crippen LogP contribution in [0.25, 0.3) is 0 Å². The van der Waals surface area contributed by atoms with Crippen molar-refractivity contribution in [2.45, 2.75) is 43.4 Å². The van der Waals surface area contributed by atoms with Gasteiger partial charge in [-0.1, -0.05) is 0 Å². The summed E-state index contributed by atoms with van der Waals surface area (Å²) in [5.74, 6) is -0.326. The second kappa shape index (κ2) is 7.34. The van der Waals surface area contributed by atoms with E-state index in [1.807, 2.05) is 0 Å². The Morgan fingerprint density at radius 1 is 1.42 bits per heavy atom. The van der Waals surface area contributed by atoms with Crippen LogP contribution in [0, 0.1) is 0 Å². The number of urea groups is 1. The Morgan fingerprint density at radius 3 is 3.08 bits per heavy atom. The maximum absolute atomic E-state index is 12.4. The van der Waals surface area contributed by atoms with Crippen LogP contribution >= 0.6 is 12.9 Å². The SMILES string of the molecule is O=C(NOC[C@H]1C[C@H](n2cnnn2)CN1)C1CCC2CN1C(=O)N2OS. The minimum Gasteiger partial charge on any atom is -0.309 e. The van der Waals surface area contributed by atoms with E-state index in [-0.39, 0.29) is 30.1 Å². The van der Waals surface area contributed by atoms with Crippen molar-refractivity contribution in [3.63, 3.8) is 0 Å². The summed E-state index contributed by atoms with van der Waals surface area (Å²) in [7, 11) is 0. The zero-order valence-electron chi connectivity index (χ0n) is 13.9. The first-order valence-corrected chi connectivity index (χ1v) is 8.82. The Morgan fingerprint density at radius 2 is 2.31 bits per heavy atom. The Bertz CT molecular complexity index is 661. The number of hydrogen-bond acceptors (Lipinski definition) is 9. The number of tetrazole rings is 1. The zero-order valence-corrected chi connectivity index (χ0v) is 14.8. The van der Waals surface area contributed by atoms with Gasteiger partial charge in [0, 0.05) is 32.0 Å². The number of amides is 3. The van der Waals surface area contributed by atoms with Crippen LogP contribution in [0.2, 0.25) is 0 Å². The van der Waals surface area contributed by atoms with Gasteiger partial charge in [-0.2, -0.15) is 5.06 Å². The summed E-state index contributed by atoms with van der Waals surface area (Å²) in [5.41, 5.74) is 2.47. The molecule has 0 radical (unpaired) electrons. The number of hydrogen-bond donors (Lipinski definition) is 3. The number of fused-ring (bicyclic) bond motifs is 2. The van der Waals surface area contributed by atoms with Crippen molar-refractivity contribution in [1.29, 1.82) is 0 Å². The number of carbonyl (C=O) groups excluding carboxylic acids is 2. The van der Waals surface area contributed by atoms with Crippen molar-refractivity contribution in [3.05, 3.63) is 6.33 Å². The summed E-state index contributed by atoms with van der Waals surface area (Å²) in [4.78, 5) is 31.4. The standard InChI is InChI=1S/C13H20N8O4S/c22-12(11-2-1-9-5-19(11)13(23)21(9)25-26)16-24-6-8-3-10(4-14-8)20-7-15-17-18-20/h7-11,14,26H,1-6H2,(H,16,22)/t8-,9?,10+,11?/m1/s1. The number of thiol groups is 1. The number of nitrogens with zero attached hydrogens (tertiary/aromatic N) is 6. The first-order chi connectivity index (χ1) is 12.7. The second-order valence-electron chi connectivity index (χ2n) is 6.65. The minimum absolute atomic E-state index is 0.0594. The van der Waals surface area contributed by atoms with Gasteiger partial charge in [0.1, 0.15) is 12.4 Å². The van der Waals surface area contributed by atoms with Gasteiger partial charge in [-0.15, -0.1) is 5.10 Å². The fourth-order valence-corrected chi connectivity index (χ4v) is 3.96. The molecule has 142 valence electrons. The molecule has 2 bridgehead atoms. The molecule has 4 heterocycles. The topological polar surface area (TPSA) is 127 Å². The van der Waals surface area contributed by atoms with Crippen LogP contribution in [-0.4, -0.2) is 79.9 Å². The van der Waals surface area contributed by atoms with Crippen LogP contribution in [0.4, 0.5) is 4.79 Å². The number of hydroxylamine groups is 3. The van der Waals surface area contributed by atoms with E-state index in [1.165, 1.54) is 9.96 Å². The molecule has 2 N–H and O–H groups in total. The third kappa shape index (κ3) is 3.22. The minimum atomic E-state index is -0.558.